The summed E-state index contributed by atoms with van der Waals surface area (Å²) < 4.78 is 10.6. The lowest BCUT2D eigenvalue weighted by atomic mass is 9.94. The van der Waals surface area contributed by atoms with Gasteiger partial charge in [0.1, 0.15) is 6.10 Å². The fraction of sp³-hybridized carbons (Fsp3) is 0.875. The lowest BCUT2D eigenvalue weighted by molar-refractivity contribution is -0.671. The summed E-state index contributed by atoms with van der Waals surface area (Å²) >= 11 is 0. The molecule has 0 bridgehead atoms. The fourth-order valence-corrected chi connectivity index (χ4v) is 2.53. The van der Waals surface area contributed by atoms with Gasteiger partial charge in [-0.15, -0.1) is 7.05 Å². The van der Waals surface area contributed by atoms with Gasteiger partial charge in [-0.3, -0.25) is 0 Å². The number of nitrogens with two attached hydrogens (primary N) is 1. The van der Waals surface area contributed by atoms with E-state index in [0.29, 0.717) is 0 Å². The second-order valence-electron chi connectivity index (χ2n) is 4.10. The Balaban J connectivity index is 1.95. The van der Waals surface area contributed by atoms with E-state index in [-0.39, 0.29) is 18.3 Å². The lowest BCUT2D eigenvalue weighted by Crippen LogP contribution is -2.89. The molecule has 74 valence electrons. The van der Waals surface area contributed by atoms with E-state index in [1.165, 1.54) is 0 Å². The molecule has 5 nitrogen and oxygen atoms in total. The first kappa shape index (κ1) is 8.14. The van der Waals surface area contributed by atoms with Crippen LogP contribution < -0.4 is 5.32 Å². The molecule has 2 heterocycles. The summed E-state index contributed by atoms with van der Waals surface area (Å²) in [7, 11) is 3.66. The normalized spacial score (nSPS) is 64.2. The molecular formula is C8H13NO4. The average Bonchev–Trinajstić information content (AvgIpc) is 2.95. The molecule has 0 radical (unpaired) electrons. The summed E-state index contributed by atoms with van der Waals surface area (Å²) in [5.74, 6) is 0. The zero-order valence-electron chi connectivity index (χ0n) is 7.30. The van der Waals surface area contributed by atoms with Gasteiger partial charge < -0.3 is 25.0 Å². The molecule has 2 aliphatic heterocycles. The van der Waals surface area contributed by atoms with E-state index in [9.17, 15) is 10.2 Å². The van der Waals surface area contributed by atoms with E-state index in [1.54, 1.807) is 12.2 Å². The Kier molecular flexibility index (Phi) is 1.20. The van der Waals surface area contributed by atoms with Gasteiger partial charge in [-0.25, -0.2) is 0 Å². The molecule has 1 saturated carbocycles. The molecule has 0 amide bonds. The second kappa shape index (κ2) is 1.92. The van der Waals surface area contributed by atoms with Crippen LogP contribution in [-0.4, -0.2) is 46.0 Å². The van der Waals surface area contributed by atoms with Crippen LogP contribution in [0.4, 0.5) is 0 Å². The molecule has 3 fully saturated rings. The van der Waals surface area contributed by atoms with Gasteiger partial charge >= 0.3 is 0 Å². The predicted octanol–water partition coefficient (Wildman–Crippen LogP) is -2.67. The summed E-state index contributed by atoms with van der Waals surface area (Å²) in [6.07, 6.45) is -1.54. The van der Waals surface area contributed by atoms with E-state index in [4.69, 9.17) is 9.47 Å². The molecule has 0 aromatic heterocycles. The van der Waals surface area contributed by atoms with E-state index in [2.05, 4.69) is 7.05 Å². The Morgan fingerprint density at radius 3 is 2.62 bits per heavy atom. The molecule has 4 N–H and O–H groups in total. The number of rotatable bonds is 2. The molecule has 13 heavy (non-hydrogen) atoms. The van der Waals surface area contributed by atoms with Crippen molar-refractivity contribution in [1.29, 1.82) is 0 Å². The Hall–Kier alpha value is -0.200. The van der Waals surface area contributed by atoms with Crippen molar-refractivity contribution in [1.82, 2.24) is 0 Å². The highest BCUT2D eigenvalue weighted by molar-refractivity contribution is 5.31. The summed E-state index contributed by atoms with van der Waals surface area (Å²) in [4.78, 5) is 0. The van der Waals surface area contributed by atoms with Crippen LogP contribution in [0.2, 0.25) is 0 Å². The molecule has 0 aromatic rings. The smallest absolute Gasteiger partial charge is 0.236 e. The highest BCUT2D eigenvalue weighted by atomic mass is 16.7. The topological polar surface area (TPSA) is 82.1 Å². The standard InChI is InChI=1S/C8H13NO4/c1-3(10)7(11)4-5(12-4)8(9-2)6(7)13-8/h3-6,10-11H,2,9H2,1H3/t3-,4+,5-,6-,7+,8+/m0/s1. The quantitative estimate of drug-likeness (QED) is 0.325. The van der Waals surface area contributed by atoms with Gasteiger partial charge in [0, 0.05) is 0 Å². The third-order valence-electron chi connectivity index (χ3n) is 3.47. The van der Waals surface area contributed by atoms with Gasteiger partial charge in [0.25, 0.3) is 0 Å². The highest BCUT2D eigenvalue weighted by Gasteiger charge is 2.91. The summed E-state index contributed by atoms with van der Waals surface area (Å²) in [5.41, 5.74) is -1.75. The van der Waals surface area contributed by atoms with Gasteiger partial charge in [-0.05, 0) is 6.92 Å². The number of hydrogen-bond acceptors (Lipinski definition) is 4. The molecule has 1 aliphatic carbocycles. The van der Waals surface area contributed by atoms with E-state index in [0.717, 1.165) is 0 Å². The Morgan fingerprint density at radius 2 is 2.23 bits per heavy atom. The molecular weight excluding hydrogens is 174 g/mol. The Bertz CT molecular complexity index is 271. The van der Waals surface area contributed by atoms with Crippen molar-refractivity contribution in [3.05, 3.63) is 7.05 Å². The van der Waals surface area contributed by atoms with Crippen LogP contribution in [0, 0.1) is 7.05 Å². The van der Waals surface area contributed by atoms with E-state index < -0.39 is 17.4 Å². The zero-order chi connectivity index (χ0) is 9.43. The molecule has 3 aliphatic rings. The van der Waals surface area contributed by atoms with Crippen molar-refractivity contribution in [3.8, 4) is 0 Å². The van der Waals surface area contributed by atoms with Crippen LogP contribution >= 0.6 is 0 Å². The van der Waals surface area contributed by atoms with Crippen molar-refractivity contribution < 1.29 is 25.0 Å². The minimum atomic E-state index is -1.24. The van der Waals surface area contributed by atoms with Crippen LogP contribution in [0.5, 0.6) is 0 Å². The monoisotopic (exact) mass is 187 g/mol. The van der Waals surface area contributed by atoms with Crippen LogP contribution in [-0.2, 0) is 9.47 Å². The minimum Gasteiger partial charge on any atom is -0.446 e. The van der Waals surface area contributed by atoms with Gasteiger partial charge in [-0.1, -0.05) is 0 Å². The number of epoxide rings is 2. The predicted molar refractivity (Wildman–Crippen MR) is 40.2 cm³/mol. The third-order valence-corrected chi connectivity index (χ3v) is 3.47. The third kappa shape index (κ3) is 0.649. The van der Waals surface area contributed by atoms with Crippen LogP contribution in [0.1, 0.15) is 6.92 Å². The van der Waals surface area contributed by atoms with E-state index in [1.807, 2.05) is 0 Å². The maximum atomic E-state index is 10.1. The van der Waals surface area contributed by atoms with Crippen molar-refractivity contribution in [3.63, 3.8) is 0 Å². The van der Waals surface area contributed by atoms with Gasteiger partial charge in [-0.2, -0.15) is 0 Å². The summed E-state index contributed by atoms with van der Waals surface area (Å²) in [6, 6.07) is 0. The number of hydrogen-bond donors (Lipinski definition) is 3. The number of fused-ring (bicyclic) bond motifs is 3. The first-order valence-corrected chi connectivity index (χ1v) is 4.44. The average molecular weight is 187 g/mol. The van der Waals surface area contributed by atoms with Crippen molar-refractivity contribution >= 4 is 0 Å². The van der Waals surface area contributed by atoms with Crippen LogP contribution in [0.3, 0.4) is 0 Å². The van der Waals surface area contributed by atoms with Gasteiger partial charge in [0.15, 0.2) is 17.8 Å². The maximum absolute atomic E-state index is 10.1. The number of aliphatic hydroxyl groups is 2. The number of quaternary nitrogens is 1. The van der Waals surface area contributed by atoms with Crippen molar-refractivity contribution in [2.24, 2.45) is 0 Å². The summed E-state index contributed by atoms with van der Waals surface area (Å²) in [5, 5.41) is 21.3. The molecule has 3 rings (SSSR count). The van der Waals surface area contributed by atoms with Crippen molar-refractivity contribution in [2.75, 3.05) is 0 Å². The largest absolute Gasteiger partial charge is 0.446 e. The number of ether oxygens (including phenoxy) is 2. The summed E-state index contributed by atoms with van der Waals surface area (Å²) in [6.45, 7) is 1.56. The lowest BCUT2D eigenvalue weighted by Gasteiger charge is -2.25. The van der Waals surface area contributed by atoms with E-state index >= 15 is 0 Å². The molecule has 0 aromatic carbocycles. The number of aliphatic hydroxyl groups excluding tert-OH is 1. The maximum Gasteiger partial charge on any atom is 0.236 e. The SMILES string of the molecule is [CH2-][NH2+][C@]12O[C@H]1[C@@](O)([C@H](C)O)[C@@H]1O[C@@H]12. The van der Waals surface area contributed by atoms with Gasteiger partial charge in [0.2, 0.25) is 5.72 Å². The van der Waals surface area contributed by atoms with Crippen LogP contribution in [0.15, 0.2) is 0 Å². The molecule has 6 atom stereocenters. The fourth-order valence-electron chi connectivity index (χ4n) is 2.53. The molecule has 0 unspecified atom stereocenters. The molecule has 5 heteroatoms. The minimum absolute atomic E-state index is 0.102. The molecule has 0 spiro atoms. The zero-order valence-corrected chi connectivity index (χ0v) is 7.30. The molecule has 2 saturated heterocycles. The van der Waals surface area contributed by atoms with Gasteiger partial charge in [0.05, 0.1) is 6.10 Å². The Labute approximate surface area is 75.6 Å². The second-order valence-corrected chi connectivity index (χ2v) is 4.10. The first-order valence-electron chi connectivity index (χ1n) is 4.44. The Morgan fingerprint density at radius 1 is 1.54 bits per heavy atom. The highest BCUT2D eigenvalue weighted by Crippen LogP contribution is 2.62. The first-order chi connectivity index (χ1) is 6.07. The van der Waals surface area contributed by atoms with Crippen molar-refractivity contribution in [2.45, 2.75) is 42.7 Å². The van der Waals surface area contributed by atoms with Crippen LogP contribution in [0.25, 0.3) is 0 Å².